The lowest BCUT2D eigenvalue weighted by Gasteiger charge is -1.99. The number of benzene rings is 2. The van der Waals surface area contributed by atoms with Gasteiger partial charge in [-0.3, -0.25) is 0 Å². The maximum absolute atomic E-state index is 11.8. The molecule has 2 aromatic rings. The standard InChI is InChI=1S/C17H13NO3/c1-11-2-6-13(7-3-11)16-18-15(17(20)21-16)10-12-4-8-14(19)9-5-12/h2-10,19H,1H3. The molecule has 2 aromatic carbocycles. The number of hydrogen-bond donors (Lipinski definition) is 1. The molecule has 0 unspecified atom stereocenters. The molecule has 0 bridgehead atoms. The second-order valence-electron chi connectivity index (χ2n) is 4.79. The van der Waals surface area contributed by atoms with Crippen LogP contribution in [-0.4, -0.2) is 17.0 Å². The van der Waals surface area contributed by atoms with Gasteiger partial charge in [-0.05, 0) is 42.8 Å². The molecule has 1 heterocycles. The molecule has 1 aliphatic rings. The molecule has 104 valence electrons. The molecule has 0 saturated carbocycles. The lowest BCUT2D eigenvalue weighted by molar-refractivity contribution is -0.129. The number of phenols is 1. The summed E-state index contributed by atoms with van der Waals surface area (Å²) >= 11 is 0. The maximum atomic E-state index is 11.8. The van der Waals surface area contributed by atoms with Crippen LogP contribution < -0.4 is 0 Å². The molecule has 4 heteroatoms. The third-order valence-electron chi connectivity index (χ3n) is 3.12. The Morgan fingerprint density at radius 1 is 1.05 bits per heavy atom. The van der Waals surface area contributed by atoms with E-state index >= 15 is 0 Å². The van der Waals surface area contributed by atoms with E-state index in [0.29, 0.717) is 5.90 Å². The van der Waals surface area contributed by atoms with Crippen molar-refractivity contribution in [3.8, 4) is 5.75 Å². The van der Waals surface area contributed by atoms with E-state index in [9.17, 15) is 9.90 Å². The fourth-order valence-corrected chi connectivity index (χ4v) is 1.96. The molecule has 0 radical (unpaired) electrons. The zero-order valence-corrected chi connectivity index (χ0v) is 11.4. The number of ether oxygens (including phenoxy) is 1. The summed E-state index contributed by atoms with van der Waals surface area (Å²) in [5.41, 5.74) is 2.91. The first kappa shape index (κ1) is 13.1. The minimum atomic E-state index is -0.473. The van der Waals surface area contributed by atoms with E-state index in [1.807, 2.05) is 31.2 Å². The number of carbonyl (C=O) groups excluding carboxylic acids is 1. The normalized spacial score (nSPS) is 16.0. The summed E-state index contributed by atoms with van der Waals surface area (Å²) in [7, 11) is 0. The van der Waals surface area contributed by atoms with Crippen molar-refractivity contribution in [2.24, 2.45) is 4.99 Å². The molecular formula is C17H13NO3. The van der Waals surface area contributed by atoms with E-state index in [1.165, 1.54) is 0 Å². The van der Waals surface area contributed by atoms with Gasteiger partial charge >= 0.3 is 5.97 Å². The number of phenolic OH excluding ortho intramolecular Hbond substituents is 1. The molecule has 3 rings (SSSR count). The maximum Gasteiger partial charge on any atom is 0.363 e. The van der Waals surface area contributed by atoms with Crippen molar-refractivity contribution in [3.05, 3.63) is 70.9 Å². The Kier molecular flexibility index (Phi) is 3.28. The summed E-state index contributed by atoms with van der Waals surface area (Å²) in [6.07, 6.45) is 1.63. The van der Waals surface area contributed by atoms with E-state index in [-0.39, 0.29) is 11.4 Å². The topological polar surface area (TPSA) is 58.9 Å². The first-order chi connectivity index (χ1) is 10.1. The number of hydrogen-bond acceptors (Lipinski definition) is 4. The van der Waals surface area contributed by atoms with Crippen molar-refractivity contribution in [3.63, 3.8) is 0 Å². The lowest BCUT2D eigenvalue weighted by Crippen LogP contribution is -2.05. The highest BCUT2D eigenvalue weighted by Gasteiger charge is 2.23. The van der Waals surface area contributed by atoms with Crippen molar-refractivity contribution in [1.29, 1.82) is 0 Å². The largest absolute Gasteiger partial charge is 0.508 e. The Labute approximate surface area is 122 Å². The van der Waals surface area contributed by atoms with Gasteiger partial charge in [0.25, 0.3) is 0 Å². The van der Waals surface area contributed by atoms with Gasteiger partial charge in [0.05, 0.1) is 0 Å². The SMILES string of the molecule is Cc1ccc(C2=NC(=Cc3ccc(O)cc3)C(=O)O2)cc1. The summed E-state index contributed by atoms with van der Waals surface area (Å²) < 4.78 is 5.19. The molecule has 0 spiro atoms. The molecular weight excluding hydrogens is 266 g/mol. The monoisotopic (exact) mass is 279 g/mol. The lowest BCUT2D eigenvalue weighted by atomic mass is 10.1. The van der Waals surface area contributed by atoms with E-state index in [2.05, 4.69) is 4.99 Å². The minimum absolute atomic E-state index is 0.176. The highest BCUT2D eigenvalue weighted by atomic mass is 16.6. The Bertz CT molecular complexity index is 741. The van der Waals surface area contributed by atoms with Crippen molar-refractivity contribution >= 4 is 17.9 Å². The Hall–Kier alpha value is -2.88. The van der Waals surface area contributed by atoms with Gasteiger partial charge in [0.1, 0.15) is 5.75 Å². The Balaban J connectivity index is 1.91. The number of aryl methyl sites for hydroxylation is 1. The molecule has 4 nitrogen and oxygen atoms in total. The summed E-state index contributed by atoms with van der Waals surface area (Å²) in [4.78, 5) is 16.1. The molecule has 0 saturated heterocycles. The van der Waals surface area contributed by atoms with Crippen LogP contribution in [0.4, 0.5) is 0 Å². The summed E-state index contributed by atoms with van der Waals surface area (Å²) in [6, 6.07) is 14.1. The number of nitrogens with zero attached hydrogens (tertiary/aromatic N) is 1. The fourth-order valence-electron chi connectivity index (χ4n) is 1.96. The first-order valence-electron chi connectivity index (χ1n) is 6.50. The minimum Gasteiger partial charge on any atom is -0.508 e. The predicted octanol–water partition coefficient (Wildman–Crippen LogP) is 3.05. The van der Waals surface area contributed by atoms with Crippen LogP contribution >= 0.6 is 0 Å². The molecule has 21 heavy (non-hydrogen) atoms. The van der Waals surface area contributed by atoms with Crippen LogP contribution in [0.25, 0.3) is 6.08 Å². The van der Waals surface area contributed by atoms with E-state index < -0.39 is 5.97 Å². The fraction of sp³-hybridized carbons (Fsp3) is 0.0588. The Morgan fingerprint density at radius 2 is 1.71 bits per heavy atom. The zero-order chi connectivity index (χ0) is 14.8. The second kappa shape index (κ2) is 5.25. The third kappa shape index (κ3) is 2.84. The van der Waals surface area contributed by atoms with Crippen LogP contribution in [0.2, 0.25) is 0 Å². The average molecular weight is 279 g/mol. The van der Waals surface area contributed by atoms with Crippen LogP contribution in [0.5, 0.6) is 5.75 Å². The molecule has 1 aliphatic heterocycles. The van der Waals surface area contributed by atoms with Gasteiger partial charge in [-0.1, -0.05) is 29.8 Å². The molecule has 0 fully saturated rings. The van der Waals surface area contributed by atoms with Gasteiger partial charge in [-0.15, -0.1) is 0 Å². The van der Waals surface area contributed by atoms with Crippen LogP contribution in [0, 0.1) is 6.92 Å². The smallest absolute Gasteiger partial charge is 0.363 e. The van der Waals surface area contributed by atoms with Gasteiger partial charge in [-0.25, -0.2) is 9.79 Å². The number of cyclic esters (lactones) is 1. The molecule has 0 atom stereocenters. The van der Waals surface area contributed by atoms with Crippen LogP contribution in [0.1, 0.15) is 16.7 Å². The first-order valence-corrected chi connectivity index (χ1v) is 6.50. The quantitative estimate of drug-likeness (QED) is 0.679. The van der Waals surface area contributed by atoms with Gasteiger partial charge in [0, 0.05) is 5.56 Å². The van der Waals surface area contributed by atoms with Crippen molar-refractivity contribution in [2.45, 2.75) is 6.92 Å². The van der Waals surface area contributed by atoms with E-state index in [0.717, 1.165) is 16.7 Å². The molecule has 1 N–H and O–H groups in total. The van der Waals surface area contributed by atoms with Crippen LogP contribution in [-0.2, 0) is 9.53 Å². The van der Waals surface area contributed by atoms with Crippen molar-refractivity contribution < 1.29 is 14.6 Å². The highest BCUT2D eigenvalue weighted by Crippen LogP contribution is 2.20. The summed E-state index contributed by atoms with van der Waals surface area (Å²) in [5, 5.41) is 9.24. The number of aliphatic imine (C=N–C) groups is 1. The number of rotatable bonds is 2. The number of carbonyl (C=O) groups is 1. The van der Waals surface area contributed by atoms with Gasteiger partial charge in [0.15, 0.2) is 5.70 Å². The van der Waals surface area contributed by atoms with Gasteiger partial charge in [-0.2, -0.15) is 0 Å². The molecule has 0 amide bonds. The molecule has 0 aliphatic carbocycles. The van der Waals surface area contributed by atoms with E-state index in [4.69, 9.17) is 4.74 Å². The van der Waals surface area contributed by atoms with E-state index in [1.54, 1.807) is 30.3 Å². The third-order valence-corrected chi connectivity index (χ3v) is 3.12. The van der Waals surface area contributed by atoms with Crippen LogP contribution in [0.15, 0.2) is 59.2 Å². The predicted molar refractivity (Wildman–Crippen MR) is 79.9 cm³/mol. The van der Waals surface area contributed by atoms with Crippen molar-refractivity contribution in [2.75, 3.05) is 0 Å². The van der Waals surface area contributed by atoms with Gasteiger partial charge in [0.2, 0.25) is 5.90 Å². The van der Waals surface area contributed by atoms with Crippen LogP contribution in [0.3, 0.4) is 0 Å². The zero-order valence-electron chi connectivity index (χ0n) is 11.4. The Morgan fingerprint density at radius 3 is 2.38 bits per heavy atom. The average Bonchev–Trinajstić information content (AvgIpc) is 2.83. The summed E-state index contributed by atoms with van der Waals surface area (Å²) in [6.45, 7) is 1.99. The highest BCUT2D eigenvalue weighted by molar-refractivity contribution is 6.12. The second-order valence-corrected chi connectivity index (χ2v) is 4.79. The summed E-state index contributed by atoms with van der Waals surface area (Å²) in [5.74, 6) is 0.0127. The number of esters is 1. The number of aromatic hydroxyl groups is 1. The molecule has 0 aromatic heterocycles. The van der Waals surface area contributed by atoms with Gasteiger partial charge < -0.3 is 9.84 Å². The van der Waals surface area contributed by atoms with Crippen molar-refractivity contribution in [1.82, 2.24) is 0 Å².